The molecule has 1 aliphatic heterocycles. The normalized spacial score (nSPS) is 17.4. The molecule has 1 N–H and O–H groups in total. The molecule has 2 aromatic carbocycles. The molecule has 0 saturated carbocycles. The fourth-order valence-electron chi connectivity index (χ4n) is 4.51. The molecule has 1 aliphatic carbocycles. The zero-order valence-electron chi connectivity index (χ0n) is 18.0. The molecule has 1 atom stereocenters. The Morgan fingerprint density at radius 1 is 1.00 bits per heavy atom. The van der Waals surface area contributed by atoms with E-state index in [1.165, 1.54) is 19.3 Å². The van der Waals surface area contributed by atoms with E-state index in [4.69, 9.17) is 14.2 Å². The van der Waals surface area contributed by atoms with Crippen LogP contribution in [0.15, 0.2) is 30.3 Å². The Bertz CT molecular complexity index is 902. The van der Waals surface area contributed by atoms with E-state index >= 15 is 0 Å². The van der Waals surface area contributed by atoms with E-state index in [2.05, 4.69) is 5.32 Å². The maximum absolute atomic E-state index is 13.1. The molecule has 2 aliphatic rings. The number of hydrogen-bond donors (Lipinski definition) is 1. The second-order valence-corrected chi connectivity index (χ2v) is 7.92. The molecule has 2 aromatic rings. The van der Waals surface area contributed by atoms with Gasteiger partial charge >= 0.3 is 0 Å². The summed E-state index contributed by atoms with van der Waals surface area (Å²) < 4.78 is 17.8. The third-order valence-corrected chi connectivity index (χ3v) is 5.87. The number of carbonyl (C=O) groups is 1. The fourth-order valence-corrected chi connectivity index (χ4v) is 4.51. The number of piperidine rings is 1. The van der Waals surface area contributed by atoms with Crippen LogP contribution in [0, 0.1) is 5.92 Å². The zero-order valence-corrected chi connectivity index (χ0v) is 18.0. The molecule has 5 heteroatoms. The van der Waals surface area contributed by atoms with Crippen LogP contribution in [0.25, 0.3) is 11.1 Å². The van der Waals surface area contributed by atoms with Crippen LogP contribution in [-0.2, 0) is 0 Å². The van der Waals surface area contributed by atoms with Gasteiger partial charge in [-0.1, -0.05) is 12.1 Å². The number of hydrogen-bond acceptors (Lipinski definition) is 5. The molecule has 1 heterocycles. The number of benzene rings is 2. The molecular weight excluding hydrogens is 378 g/mol. The van der Waals surface area contributed by atoms with Crippen molar-refractivity contribution in [2.24, 2.45) is 5.92 Å². The number of carbonyl (C=O) groups excluding carboxylic acids is 1. The minimum Gasteiger partial charge on any atom is -0.494 e. The molecule has 1 saturated heterocycles. The van der Waals surface area contributed by atoms with Crippen LogP contribution < -0.4 is 19.5 Å². The lowest BCUT2D eigenvalue weighted by molar-refractivity contribution is 0.104. The highest BCUT2D eigenvalue weighted by molar-refractivity contribution is 6.23. The third kappa shape index (κ3) is 4.17. The summed E-state index contributed by atoms with van der Waals surface area (Å²) in [6.07, 6.45) is 4.74. The molecule has 1 unspecified atom stereocenters. The maximum Gasteiger partial charge on any atom is 0.194 e. The van der Waals surface area contributed by atoms with Crippen molar-refractivity contribution in [1.82, 2.24) is 5.32 Å². The lowest BCUT2D eigenvalue weighted by atomic mass is 9.95. The lowest BCUT2D eigenvalue weighted by Crippen LogP contribution is -2.29. The summed E-state index contributed by atoms with van der Waals surface area (Å²) in [5.41, 5.74) is 2.98. The van der Waals surface area contributed by atoms with Gasteiger partial charge in [0.25, 0.3) is 0 Å². The molecule has 30 heavy (non-hydrogen) atoms. The van der Waals surface area contributed by atoms with Crippen molar-refractivity contribution in [2.75, 3.05) is 32.9 Å². The highest BCUT2D eigenvalue weighted by Gasteiger charge is 2.33. The third-order valence-electron chi connectivity index (χ3n) is 5.87. The molecule has 0 aromatic heterocycles. The monoisotopic (exact) mass is 409 g/mol. The second-order valence-electron chi connectivity index (χ2n) is 7.92. The van der Waals surface area contributed by atoms with E-state index < -0.39 is 0 Å². The van der Waals surface area contributed by atoms with Gasteiger partial charge in [0.05, 0.1) is 19.8 Å². The summed E-state index contributed by atoms with van der Waals surface area (Å²) in [4.78, 5) is 13.1. The van der Waals surface area contributed by atoms with Crippen molar-refractivity contribution in [2.45, 2.75) is 39.5 Å². The zero-order chi connectivity index (χ0) is 20.9. The van der Waals surface area contributed by atoms with Gasteiger partial charge < -0.3 is 19.5 Å². The van der Waals surface area contributed by atoms with Gasteiger partial charge in [0.1, 0.15) is 17.2 Å². The van der Waals surface area contributed by atoms with Gasteiger partial charge in [0, 0.05) is 28.3 Å². The molecule has 0 bridgehead atoms. The van der Waals surface area contributed by atoms with Crippen molar-refractivity contribution < 1.29 is 19.0 Å². The number of ketones is 1. The summed E-state index contributed by atoms with van der Waals surface area (Å²) >= 11 is 0. The van der Waals surface area contributed by atoms with Crippen LogP contribution in [0.2, 0.25) is 0 Å². The fraction of sp³-hybridized carbons (Fsp3) is 0.480. The summed E-state index contributed by atoms with van der Waals surface area (Å²) in [7, 11) is 0. The molecule has 0 radical (unpaired) electrons. The Morgan fingerprint density at radius 3 is 2.60 bits per heavy atom. The smallest absolute Gasteiger partial charge is 0.194 e. The number of ether oxygens (including phenoxy) is 3. The SMILES string of the molecule is CCOc1cc(OCC)c2c(c1)C(=O)c1cccc(OCCCC3CCCNC3)c1-2. The van der Waals surface area contributed by atoms with Gasteiger partial charge in [-0.3, -0.25) is 4.79 Å². The first-order valence-corrected chi connectivity index (χ1v) is 11.2. The van der Waals surface area contributed by atoms with E-state index in [-0.39, 0.29) is 5.78 Å². The quantitative estimate of drug-likeness (QED) is 0.512. The molecule has 5 nitrogen and oxygen atoms in total. The lowest BCUT2D eigenvalue weighted by Gasteiger charge is -2.22. The summed E-state index contributed by atoms with van der Waals surface area (Å²) in [6.45, 7) is 7.84. The van der Waals surface area contributed by atoms with E-state index in [0.29, 0.717) is 42.4 Å². The van der Waals surface area contributed by atoms with Crippen LogP contribution in [0.4, 0.5) is 0 Å². The van der Waals surface area contributed by atoms with Crippen LogP contribution in [0.1, 0.15) is 55.5 Å². The number of fused-ring (bicyclic) bond motifs is 3. The Hall–Kier alpha value is -2.53. The van der Waals surface area contributed by atoms with Gasteiger partial charge in [-0.25, -0.2) is 0 Å². The minimum atomic E-state index is 0.00114. The maximum atomic E-state index is 13.1. The predicted molar refractivity (Wildman–Crippen MR) is 118 cm³/mol. The van der Waals surface area contributed by atoms with Crippen molar-refractivity contribution in [3.8, 4) is 28.4 Å². The van der Waals surface area contributed by atoms with Gasteiger partial charge in [-0.15, -0.1) is 0 Å². The Kier molecular flexibility index (Phi) is 6.58. The highest BCUT2D eigenvalue weighted by Crippen LogP contribution is 2.49. The first-order valence-electron chi connectivity index (χ1n) is 11.2. The van der Waals surface area contributed by atoms with Crippen molar-refractivity contribution in [3.05, 3.63) is 41.5 Å². The Labute approximate surface area is 178 Å². The molecule has 0 amide bonds. The van der Waals surface area contributed by atoms with E-state index in [9.17, 15) is 4.79 Å². The summed E-state index contributed by atoms with van der Waals surface area (Å²) in [5.74, 6) is 2.83. The van der Waals surface area contributed by atoms with Gasteiger partial charge in [-0.2, -0.15) is 0 Å². The highest BCUT2D eigenvalue weighted by atomic mass is 16.5. The summed E-state index contributed by atoms with van der Waals surface area (Å²) in [6, 6.07) is 9.42. The molecule has 1 fully saturated rings. The molecule has 4 rings (SSSR count). The average molecular weight is 410 g/mol. The minimum absolute atomic E-state index is 0.00114. The first kappa shape index (κ1) is 20.7. The van der Waals surface area contributed by atoms with Gasteiger partial charge in [-0.05, 0) is 70.7 Å². The second kappa shape index (κ2) is 9.52. The van der Waals surface area contributed by atoms with Crippen LogP contribution >= 0.6 is 0 Å². The Balaban J connectivity index is 1.57. The molecule has 0 spiro atoms. The number of rotatable bonds is 9. The first-order chi connectivity index (χ1) is 14.7. The number of nitrogens with one attached hydrogen (secondary N) is 1. The standard InChI is InChI=1S/C25H31NO4/c1-3-28-18-14-20-24(22(15-18)29-4-2)23-19(25(20)27)10-5-11-21(23)30-13-7-9-17-8-6-12-26-16-17/h5,10-11,14-15,17,26H,3-4,6-9,12-13,16H2,1-2H3. The van der Waals surface area contributed by atoms with E-state index in [0.717, 1.165) is 42.3 Å². The van der Waals surface area contributed by atoms with Crippen molar-refractivity contribution >= 4 is 5.78 Å². The molecule has 160 valence electrons. The predicted octanol–water partition coefficient (Wildman–Crippen LogP) is 4.85. The van der Waals surface area contributed by atoms with Crippen LogP contribution in [0.5, 0.6) is 17.2 Å². The van der Waals surface area contributed by atoms with Crippen LogP contribution in [0.3, 0.4) is 0 Å². The average Bonchev–Trinajstić information content (AvgIpc) is 3.06. The summed E-state index contributed by atoms with van der Waals surface area (Å²) in [5, 5.41) is 3.47. The molecular formula is C25H31NO4. The van der Waals surface area contributed by atoms with E-state index in [1.54, 1.807) is 0 Å². The van der Waals surface area contributed by atoms with Crippen molar-refractivity contribution in [3.63, 3.8) is 0 Å². The van der Waals surface area contributed by atoms with E-state index in [1.807, 2.05) is 44.2 Å². The largest absolute Gasteiger partial charge is 0.494 e. The van der Waals surface area contributed by atoms with Crippen molar-refractivity contribution in [1.29, 1.82) is 0 Å². The van der Waals surface area contributed by atoms with Gasteiger partial charge in [0.2, 0.25) is 0 Å². The topological polar surface area (TPSA) is 56.8 Å². The van der Waals surface area contributed by atoms with Gasteiger partial charge in [0.15, 0.2) is 5.78 Å². The van der Waals surface area contributed by atoms with Crippen LogP contribution in [-0.4, -0.2) is 38.7 Å². The Morgan fingerprint density at radius 2 is 1.83 bits per heavy atom.